The number of esters is 1. The molecule has 2 aromatic carbocycles. The number of rotatable bonds is 7. The first-order valence-electron chi connectivity index (χ1n) is 10.4. The Hall–Kier alpha value is -3.15. The number of para-hydroxylation sites is 1. The van der Waals surface area contributed by atoms with E-state index in [1.54, 1.807) is 4.90 Å². The van der Waals surface area contributed by atoms with Crippen LogP contribution in [0.2, 0.25) is 0 Å². The Balaban J connectivity index is 1.57. The van der Waals surface area contributed by atoms with E-state index in [-0.39, 0.29) is 31.4 Å². The highest BCUT2D eigenvalue weighted by molar-refractivity contribution is 6.00. The molecule has 1 aliphatic rings. The summed E-state index contributed by atoms with van der Waals surface area (Å²) in [6, 6.07) is 13.5. The van der Waals surface area contributed by atoms with E-state index in [1.165, 1.54) is 0 Å². The monoisotopic (exact) mass is 408 g/mol. The number of carbonyl (C=O) groups is 3. The van der Waals surface area contributed by atoms with Crippen molar-refractivity contribution in [1.29, 1.82) is 0 Å². The molecule has 6 heteroatoms. The van der Waals surface area contributed by atoms with Crippen molar-refractivity contribution >= 4 is 29.2 Å². The molecular formula is C24H28N2O4. The molecule has 0 aromatic heterocycles. The third kappa shape index (κ3) is 4.87. The molecule has 1 aliphatic heterocycles. The zero-order valence-electron chi connectivity index (χ0n) is 17.7. The summed E-state index contributed by atoms with van der Waals surface area (Å²) in [4.78, 5) is 38.8. The number of hydrogen-bond donors (Lipinski definition) is 1. The van der Waals surface area contributed by atoms with Crippen LogP contribution in [0.15, 0.2) is 42.5 Å². The molecule has 0 unspecified atom stereocenters. The topological polar surface area (TPSA) is 75.7 Å². The van der Waals surface area contributed by atoms with Crippen LogP contribution >= 0.6 is 0 Å². The third-order valence-electron chi connectivity index (χ3n) is 5.38. The number of ether oxygens (including phenoxy) is 1. The van der Waals surface area contributed by atoms with Crippen LogP contribution in [0.25, 0.3) is 0 Å². The first kappa shape index (κ1) is 21.6. The molecule has 0 aliphatic carbocycles. The third-order valence-corrected chi connectivity index (χ3v) is 5.38. The van der Waals surface area contributed by atoms with E-state index >= 15 is 0 Å². The quantitative estimate of drug-likeness (QED) is 0.710. The van der Waals surface area contributed by atoms with Gasteiger partial charge in [0.2, 0.25) is 5.91 Å². The molecule has 1 N–H and O–H groups in total. The van der Waals surface area contributed by atoms with Crippen LogP contribution in [0.1, 0.15) is 37.0 Å². The minimum absolute atomic E-state index is 0.0903. The standard InChI is InChI=1S/C24H28N2O4/c1-4-17-9-7-10-18(5-2)23(17)25-21(27)15-30-24(29)19-13-22(28)26(14-19)20-11-6-8-16(3)12-20/h6-12,19H,4-5,13-15H2,1-3H3,(H,25,27)/t19-/m0/s1. The number of amides is 2. The van der Waals surface area contributed by atoms with Crippen molar-refractivity contribution in [3.63, 3.8) is 0 Å². The fourth-order valence-electron chi connectivity index (χ4n) is 3.74. The normalized spacial score (nSPS) is 15.9. The Bertz CT molecular complexity index is 932. The molecule has 1 heterocycles. The summed E-state index contributed by atoms with van der Waals surface area (Å²) in [5, 5.41) is 2.88. The van der Waals surface area contributed by atoms with Crippen molar-refractivity contribution < 1.29 is 19.1 Å². The SMILES string of the molecule is CCc1cccc(CC)c1NC(=O)COC(=O)[C@H]1CC(=O)N(c2cccc(C)c2)C1. The number of benzene rings is 2. The van der Waals surface area contributed by atoms with Crippen LogP contribution in [0, 0.1) is 12.8 Å². The second kappa shape index (κ2) is 9.57. The predicted molar refractivity (Wildman–Crippen MR) is 116 cm³/mol. The maximum absolute atomic E-state index is 12.5. The molecular weight excluding hydrogens is 380 g/mol. The molecule has 1 fully saturated rings. The van der Waals surface area contributed by atoms with Gasteiger partial charge in [-0.25, -0.2) is 0 Å². The van der Waals surface area contributed by atoms with Crippen molar-refractivity contribution in [3.8, 4) is 0 Å². The van der Waals surface area contributed by atoms with Crippen molar-refractivity contribution in [2.75, 3.05) is 23.4 Å². The van der Waals surface area contributed by atoms with Gasteiger partial charge in [-0.15, -0.1) is 0 Å². The average molecular weight is 408 g/mol. The van der Waals surface area contributed by atoms with E-state index in [2.05, 4.69) is 5.32 Å². The summed E-state index contributed by atoms with van der Waals surface area (Å²) in [5.74, 6) is -1.58. The summed E-state index contributed by atoms with van der Waals surface area (Å²) < 4.78 is 5.23. The van der Waals surface area contributed by atoms with Gasteiger partial charge in [0.05, 0.1) is 5.92 Å². The number of nitrogens with one attached hydrogen (secondary N) is 1. The van der Waals surface area contributed by atoms with Gasteiger partial charge in [-0.1, -0.05) is 44.2 Å². The van der Waals surface area contributed by atoms with Gasteiger partial charge in [-0.05, 0) is 48.6 Å². The summed E-state index contributed by atoms with van der Waals surface area (Å²) in [6.45, 7) is 5.91. The summed E-state index contributed by atoms with van der Waals surface area (Å²) in [7, 11) is 0. The van der Waals surface area contributed by atoms with Crippen LogP contribution in [0.4, 0.5) is 11.4 Å². The molecule has 1 saturated heterocycles. The van der Waals surface area contributed by atoms with Gasteiger partial charge in [-0.2, -0.15) is 0 Å². The Kier molecular flexibility index (Phi) is 6.87. The van der Waals surface area contributed by atoms with Crippen LogP contribution in [-0.2, 0) is 32.0 Å². The Morgan fingerprint density at radius 2 is 1.77 bits per heavy atom. The van der Waals surface area contributed by atoms with E-state index in [0.29, 0.717) is 0 Å². The fraction of sp³-hybridized carbons (Fsp3) is 0.375. The molecule has 0 spiro atoms. The van der Waals surface area contributed by atoms with Gasteiger partial charge in [0, 0.05) is 24.3 Å². The zero-order chi connectivity index (χ0) is 21.7. The zero-order valence-corrected chi connectivity index (χ0v) is 17.7. The fourth-order valence-corrected chi connectivity index (χ4v) is 3.74. The molecule has 0 saturated carbocycles. The maximum Gasteiger partial charge on any atom is 0.311 e. The van der Waals surface area contributed by atoms with Crippen molar-refractivity contribution in [2.24, 2.45) is 5.92 Å². The second-order valence-corrected chi connectivity index (χ2v) is 7.56. The van der Waals surface area contributed by atoms with E-state index in [1.807, 2.05) is 63.2 Å². The van der Waals surface area contributed by atoms with Gasteiger partial charge in [0.25, 0.3) is 5.91 Å². The molecule has 2 amide bonds. The molecule has 6 nitrogen and oxygen atoms in total. The molecule has 1 atom stereocenters. The number of carbonyl (C=O) groups excluding carboxylic acids is 3. The molecule has 0 radical (unpaired) electrons. The average Bonchev–Trinajstić information content (AvgIpc) is 3.14. The predicted octanol–water partition coefficient (Wildman–Crippen LogP) is 3.65. The largest absolute Gasteiger partial charge is 0.455 e. The second-order valence-electron chi connectivity index (χ2n) is 7.56. The van der Waals surface area contributed by atoms with Gasteiger partial charge < -0.3 is 15.0 Å². The van der Waals surface area contributed by atoms with Gasteiger partial charge in [0.1, 0.15) is 0 Å². The lowest BCUT2D eigenvalue weighted by Crippen LogP contribution is -2.28. The number of anilines is 2. The lowest BCUT2D eigenvalue weighted by molar-refractivity contribution is -0.151. The van der Waals surface area contributed by atoms with E-state index in [0.717, 1.165) is 40.9 Å². The Labute approximate surface area is 177 Å². The van der Waals surface area contributed by atoms with Gasteiger partial charge in [0.15, 0.2) is 6.61 Å². The highest BCUT2D eigenvalue weighted by atomic mass is 16.5. The lowest BCUT2D eigenvalue weighted by atomic mass is 10.0. The molecule has 2 aromatic rings. The van der Waals surface area contributed by atoms with E-state index in [9.17, 15) is 14.4 Å². The van der Waals surface area contributed by atoms with Crippen LogP contribution in [0.5, 0.6) is 0 Å². The summed E-state index contributed by atoms with van der Waals surface area (Å²) in [6.07, 6.45) is 1.68. The maximum atomic E-state index is 12.5. The number of nitrogens with zero attached hydrogens (tertiary/aromatic N) is 1. The molecule has 158 valence electrons. The minimum atomic E-state index is -0.569. The van der Waals surface area contributed by atoms with Crippen molar-refractivity contribution in [3.05, 3.63) is 59.2 Å². The summed E-state index contributed by atoms with van der Waals surface area (Å²) >= 11 is 0. The molecule has 0 bridgehead atoms. The lowest BCUT2D eigenvalue weighted by Gasteiger charge is -2.17. The highest BCUT2D eigenvalue weighted by Crippen LogP contribution is 2.27. The number of aryl methyl sites for hydroxylation is 3. The van der Waals surface area contributed by atoms with E-state index < -0.39 is 11.9 Å². The van der Waals surface area contributed by atoms with Gasteiger partial charge >= 0.3 is 5.97 Å². The first-order valence-corrected chi connectivity index (χ1v) is 10.4. The smallest absolute Gasteiger partial charge is 0.311 e. The first-order chi connectivity index (χ1) is 14.4. The van der Waals surface area contributed by atoms with Crippen LogP contribution in [0.3, 0.4) is 0 Å². The number of hydrogen-bond acceptors (Lipinski definition) is 4. The van der Waals surface area contributed by atoms with Crippen molar-refractivity contribution in [1.82, 2.24) is 0 Å². The molecule has 30 heavy (non-hydrogen) atoms. The highest BCUT2D eigenvalue weighted by Gasteiger charge is 2.36. The van der Waals surface area contributed by atoms with E-state index in [4.69, 9.17) is 4.74 Å². The molecule has 3 rings (SSSR count). The Morgan fingerprint density at radius 1 is 1.10 bits per heavy atom. The minimum Gasteiger partial charge on any atom is -0.455 e. The van der Waals surface area contributed by atoms with Gasteiger partial charge in [-0.3, -0.25) is 14.4 Å². The Morgan fingerprint density at radius 3 is 2.40 bits per heavy atom. The van der Waals surface area contributed by atoms with Crippen LogP contribution < -0.4 is 10.2 Å². The van der Waals surface area contributed by atoms with Crippen LogP contribution in [-0.4, -0.2) is 30.9 Å². The summed E-state index contributed by atoms with van der Waals surface area (Å²) in [5.41, 5.74) is 4.71. The van der Waals surface area contributed by atoms with Crippen molar-refractivity contribution in [2.45, 2.75) is 40.0 Å².